The van der Waals surface area contributed by atoms with Crippen LogP contribution in [0.3, 0.4) is 0 Å². The Bertz CT molecular complexity index is 978. The number of aryl methyl sites for hydroxylation is 1. The van der Waals surface area contributed by atoms with Crippen LogP contribution in [0.25, 0.3) is 11.1 Å². The van der Waals surface area contributed by atoms with Gasteiger partial charge in [-0.05, 0) is 71.9 Å². The van der Waals surface area contributed by atoms with Crippen LogP contribution in [0.5, 0.6) is 5.75 Å². The normalized spacial score (nSPS) is 17.4. The topological polar surface area (TPSA) is 41.8 Å². The summed E-state index contributed by atoms with van der Waals surface area (Å²) in [5.74, 6) is -1.46. The molecule has 156 valence electrons. The Morgan fingerprint density at radius 2 is 1.66 bits per heavy atom. The van der Waals surface area contributed by atoms with Gasteiger partial charge in [-0.1, -0.05) is 38.9 Å². The minimum absolute atomic E-state index is 0.0199. The van der Waals surface area contributed by atoms with E-state index in [1.165, 1.54) is 5.56 Å². The van der Waals surface area contributed by atoms with Crippen molar-refractivity contribution in [1.82, 2.24) is 0 Å². The van der Waals surface area contributed by atoms with Crippen molar-refractivity contribution in [2.75, 3.05) is 6.61 Å². The van der Waals surface area contributed by atoms with Gasteiger partial charge >= 0.3 is 0 Å². The molecule has 2 aromatic rings. The minimum Gasteiger partial charge on any atom is -0.490 e. The summed E-state index contributed by atoms with van der Waals surface area (Å²) in [6, 6.07) is 5.08. The highest BCUT2D eigenvalue weighted by atomic mass is 19.1. The first-order valence-corrected chi connectivity index (χ1v) is 10.0. The molecule has 5 heteroatoms. The Balaban J connectivity index is 2.37. The van der Waals surface area contributed by atoms with Gasteiger partial charge in [0.2, 0.25) is 0 Å². The van der Waals surface area contributed by atoms with Crippen molar-refractivity contribution >= 4 is 6.21 Å². The van der Waals surface area contributed by atoms with Crippen molar-refractivity contribution in [3.05, 3.63) is 52.1 Å². The first kappa shape index (κ1) is 21.3. The number of ether oxygens (including phenoxy) is 1. The molecule has 2 aromatic carbocycles. The van der Waals surface area contributed by atoms with Gasteiger partial charge < -0.3 is 9.94 Å². The maximum atomic E-state index is 15.4. The maximum absolute atomic E-state index is 15.4. The minimum atomic E-state index is -0.685. The third-order valence-electron chi connectivity index (χ3n) is 6.15. The fraction of sp³-hybridized carbons (Fsp3) is 0.458. The van der Waals surface area contributed by atoms with Gasteiger partial charge in [-0.15, -0.1) is 0 Å². The van der Waals surface area contributed by atoms with E-state index in [2.05, 4.69) is 38.9 Å². The van der Waals surface area contributed by atoms with E-state index >= 15 is 4.39 Å². The van der Waals surface area contributed by atoms with Crippen molar-refractivity contribution in [2.24, 2.45) is 5.16 Å². The molecule has 0 amide bonds. The van der Waals surface area contributed by atoms with Crippen LogP contribution in [0, 0.1) is 18.6 Å². The Hall–Kier alpha value is -2.43. The number of rotatable bonds is 4. The van der Waals surface area contributed by atoms with Crippen molar-refractivity contribution in [3.63, 3.8) is 0 Å². The third-order valence-corrected chi connectivity index (χ3v) is 6.15. The molecule has 0 fully saturated rings. The van der Waals surface area contributed by atoms with E-state index in [1.807, 2.05) is 13.0 Å². The molecule has 0 bridgehead atoms. The van der Waals surface area contributed by atoms with Crippen molar-refractivity contribution < 1.29 is 18.7 Å². The average Bonchev–Trinajstić information content (AvgIpc) is 2.64. The van der Waals surface area contributed by atoms with E-state index in [0.717, 1.165) is 36.2 Å². The molecule has 0 spiro atoms. The van der Waals surface area contributed by atoms with E-state index in [4.69, 9.17) is 9.94 Å². The van der Waals surface area contributed by atoms with Gasteiger partial charge in [-0.25, -0.2) is 8.78 Å². The summed E-state index contributed by atoms with van der Waals surface area (Å²) in [5.41, 5.74) is 3.75. The molecular formula is C24H29F2NO2. The van der Waals surface area contributed by atoms with Crippen LogP contribution >= 0.6 is 0 Å². The standard InChI is InChI=1S/C24H29F2NO2/c1-7-29-22-19(25)11-15(13-27-28)21(26)20(22)16-12-18-17(10-14(16)2)23(3,4)8-9-24(18,5)6/h10-13,28H,7-9H2,1-6H3. The summed E-state index contributed by atoms with van der Waals surface area (Å²) in [4.78, 5) is 0. The molecule has 0 radical (unpaired) electrons. The van der Waals surface area contributed by atoms with E-state index in [1.54, 1.807) is 6.92 Å². The summed E-state index contributed by atoms with van der Waals surface area (Å²) in [6.07, 6.45) is 2.99. The zero-order valence-corrected chi connectivity index (χ0v) is 18.0. The van der Waals surface area contributed by atoms with Gasteiger partial charge in [0.15, 0.2) is 11.6 Å². The second-order valence-corrected chi connectivity index (χ2v) is 9.12. The fourth-order valence-electron chi connectivity index (χ4n) is 4.30. The predicted octanol–water partition coefficient (Wildman–Crippen LogP) is 6.50. The largest absolute Gasteiger partial charge is 0.490 e. The number of fused-ring (bicyclic) bond motifs is 1. The molecule has 29 heavy (non-hydrogen) atoms. The maximum Gasteiger partial charge on any atom is 0.166 e. The Kier molecular flexibility index (Phi) is 5.46. The zero-order valence-electron chi connectivity index (χ0n) is 18.0. The van der Waals surface area contributed by atoms with Gasteiger partial charge in [0.05, 0.1) is 18.4 Å². The molecular weight excluding hydrogens is 372 g/mol. The Morgan fingerprint density at radius 3 is 2.21 bits per heavy atom. The van der Waals surface area contributed by atoms with E-state index in [-0.39, 0.29) is 34.3 Å². The van der Waals surface area contributed by atoms with Crippen LogP contribution in [0.15, 0.2) is 23.4 Å². The van der Waals surface area contributed by atoms with Crippen LogP contribution in [0.4, 0.5) is 8.78 Å². The zero-order chi connectivity index (χ0) is 21.6. The molecule has 3 nitrogen and oxygen atoms in total. The SMILES string of the molecule is CCOc1c(F)cc(C=NO)c(F)c1-c1cc2c(cc1C)C(C)(C)CCC2(C)C. The summed E-state index contributed by atoms with van der Waals surface area (Å²) in [7, 11) is 0. The Morgan fingerprint density at radius 1 is 1.07 bits per heavy atom. The smallest absolute Gasteiger partial charge is 0.166 e. The summed E-state index contributed by atoms with van der Waals surface area (Å²) >= 11 is 0. The van der Waals surface area contributed by atoms with Crippen LogP contribution in [-0.4, -0.2) is 18.0 Å². The summed E-state index contributed by atoms with van der Waals surface area (Å²) in [6.45, 7) is 12.7. The van der Waals surface area contributed by atoms with Crippen molar-refractivity contribution in [1.29, 1.82) is 0 Å². The van der Waals surface area contributed by atoms with Crippen LogP contribution in [0.2, 0.25) is 0 Å². The third kappa shape index (κ3) is 3.63. The van der Waals surface area contributed by atoms with E-state index in [9.17, 15) is 4.39 Å². The molecule has 1 N–H and O–H groups in total. The van der Waals surface area contributed by atoms with Gasteiger partial charge in [0.25, 0.3) is 0 Å². The second-order valence-electron chi connectivity index (χ2n) is 9.12. The second kappa shape index (κ2) is 7.43. The molecule has 0 atom stereocenters. The average molecular weight is 401 g/mol. The lowest BCUT2D eigenvalue weighted by molar-refractivity contribution is 0.319. The van der Waals surface area contributed by atoms with Crippen molar-refractivity contribution in [2.45, 2.75) is 65.2 Å². The van der Waals surface area contributed by atoms with E-state index < -0.39 is 11.6 Å². The molecule has 0 saturated carbocycles. The number of hydrogen-bond donors (Lipinski definition) is 1. The van der Waals surface area contributed by atoms with Gasteiger partial charge in [0.1, 0.15) is 5.82 Å². The summed E-state index contributed by atoms with van der Waals surface area (Å²) in [5, 5.41) is 11.7. The molecule has 3 rings (SSSR count). The van der Waals surface area contributed by atoms with Crippen LogP contribution in [-0.2, 0) is 10.8 Å². The van der Waals surface area contributed by atoms with Crippen LogP contribution in [0.1, 0.15) is 69.7 Å². The first-order chi connectivity index (χ1) is 13.5. The molecule has 0 aromatic heterocycles. The Labute approximate surface area is 171 Å². The number of nitrogens with zero attached hydrogens (tertiary/aromatic N) is 1. The van der Waals surface area contributed by atoms with E-state index in [0.29, 0.717) is 5.56 Å². The molecule has 1 aliphatic rings. The first-order valence-electron chi connectivity index (χ1n) is 10.0. The highest BCUT2D eigenvalue weighted by Crippen LogP contribution is 2.49. The molecule has 1 aliphatic carbocycles. The number of oxime groups is 1. The lowest BCUT2D eigenvalue weighted by Gasteiger charge is -2.42. The number of hydrogen-bond acceptors (Lipinski definition) is 3. The highest BCUT2D eigenvalue weighted by molar-refractivity contribution is 5.86. The monoisotopic (exact) mass is 401 g/mol. The predicted molar refractivity (Wildman–Crippen MR) is 112 cm³/mol. The molecule has 0 saturated heterocycles. The van der Waals surface area contributed by atoms with Gasteiger partial charge in [-0.3, -0.25) is 0 Å². The lowest BCUT2D eigenvalue weighted by atomic mass is 9.62. The number of halogens is 2. The molecule has 0 heterocycles. The lowest BCUT2D eigenvalue weighted by Crippen LogP contribution is -2.34. The number of benzene rings is 2. The van der Waals surface area contributed by atoms with Gasteiger partial charge in [0, 0.05) is 5.56 Å². The summed E-state index contributed by atoms with van der Waals surface area (Å²) < 4.78 is 35.7. The quantitative estimate of drug-likeness (QED) is 0.361. The molecule has 0 aliphatic heterocycles. The molecule has 0 unspecified atom stereocenters. The highest BCUT2D eigenvalue weighted by Gasteiger charge is 2.38. The van der Waals surface area contributed by atoms with Crippen LogP contribution < -0.4 is 4.74 Å². The fourth-order valence-corrected chi connectivity index (χ4v) is 4.30. The van der Waals surface area contributed by atoms with Gasteiger partial charge in [-0.2, -0.15) is 0 Å². The van der Waals surface area contributed by atoms with Crippen molar-refractivity contribution in [3.8, 4) is 16.9 Å².